The second-order valence-electron chi connectivity index (χ2n) is 5.61. The molecule has 0 radical (unpaired) electrons. The monoisotopic (exact) mass is 218 g/mol. The Hall–Kier alpha value is -1.02. The minimum absolute atomic E-state index is 0.495. The van der Waals surface area contributed by atoms with Crippen LogP contribution in [0.4, 0.5) is 5.69 Å². The maximum Gasteiger partial charge on any atom is 0.0387 e. The van der Waals surface area contributed by atoms with E-state index < -0.39 is 0 Å². The van der Waals surface area contributed by atoms with Crippen molar-refractivity contribution in [3.8, 4) is 0 Å². The van der Waals surface area contributed by atoms with Crippen molar-refractivity contribution in [2.45, 2.75) is 45.7 Å². The van der Waals surface area contributed by atoms with E-state index in [9.17, 15) is 0 Å². The van der Waals surface area contributed by atoms with E-state index in [4.69, 9.17) is 5.73 Å². The largest absolute Gasteiger partial charge is 0.382 e. The smallest absolute Gasteiger partial charge is 0.0387 e. The molecule has 2 rings (SSSR count). The highest BCUT2D eigenvalue weighted by atomic mass is 14.9. The van der Waals surface area contributed by atoms with Crippen LogP contribution in [-0.4, -0.2) is 6.04 Å². The van der Waals surface area contributed by atoms with Gasteiger partial charge in [-0.15, -0.1) is 0 Å². The van der Waals surface area contributed by atoms with E-state index in [0.717, 1.165) is 0 Å². The maximum absolute atomic E-state index is 5.74. The van der Waals surface area contributed by atoms with Crippen LogP contribution in [0.3, 0.4) is 0 Å². The molecule has 2 heteroatoms. The zero-order valence-corrected chi connectivity index (χ0v) is 10.3. The summed E-state index contributed by atoms with van der Waals surface area (Å²) >= 11 is 0. The predicted molar refractivity (Wildman–Crippen MR) is 69.4 cm³/mol. The molecule has 2 nitrogen and oxygen atoms in total. The molecule has 1 saturated carbocycles. The van der Waals surface area contributed by atoms with Gasteiger partial charge in [-0.25, -0.2) is 0 Å². The van der Waals surface area contributed by atoms with Gasteiger partial charge in [-0.3, -0.25) is 0 Å². The molecule has 0 aromatic heterocycles. The molecule has 1 aliphatic carbocycles. The van der Waals surface area contributed by atoms with Gasteiger partial charge >= 0.3 is 0 Å². The number of hydrogen-bond acceptors (Lipinski definition) is 2. The Morgan fingerprint density at radius 3 is 2.75 bits per heavy atom. The first-order chi connectivity index (χ1) is 7.61. The average molecular weight is 218 g/mol. The molecular weight excluding hydrogens is 196 g/mol. The minimum Gasteiger partial charge on any atom is -0.382 e. The summed E-state index contributed by atoms with van der Waals surface area (Å²) in [6.07, 6.45) is 3.84. The number of anilines is 1. The van der Waals surface area contributed by atoms with Crippen LogP contribution in [0.5, 0.6) is 0 Å². The van der Waals surface area contributed by atoms with Crippen molar-refractivity contribution in [1.29, 1.82) is 0 Å². The first kappa shape index (κ1) is 11.5. The third-order valence-corrected chi connectivity index (χ3v) is 3.57. The van der Waals surface area contributed by atoms with Crippen molar-refractivity contribution in [3.05, 3.63) is 29.8 Å². The van der Waals surface area contributed by atoms with E-state index in [0.29, 0.717) is 18.0 Å². The van der Waals surface area contributed by atoms with E-state index in [-0.39, 0.29) is 0 Å². The standard InChI is InChI=1S/C14H22N2/c1-14(2)8-7-12(9-14)16-13-6-4-3-5-11(13)10-15/h3-6,12,16H,7-10,15H2,1-2H3. The van der Waals surface area contributed by atoms with Crippen LogP contribution in [0.15, 0.2) is 24.3 Å². The molecule has 3 N–H and O–H groups in total. The number of benzene rings is 1. The van der Waals surface area contributed by atoms with Gasteiger partial charge in [-0.1, -0.05) is 32.0 Å². The summed E-state index contributed by atoms with van der Waals surface area (Å²) in [6.45, 7) is 5.31. The summed E-state index contributed by atoms with van der Waals surface area (Å²) in [5.74, 6) is 0. The normalized spacial score (nSPS) is 23.3. The average Bonchev–Trinajstić information content (AvgIpc) is 2.59. The molecule has 0 amide bonds. The Labute approximate surface area is 98.2 Å². The lowest BCUT2D eigenvalue weighted by atomic mass is 9.92. The second kappa shape index (κ2) is 4.46. The lowest BCUT2D eigenvalue weighted by Gasteiger charge is -2.20. The van der Waals surface area contributed by atoms with Gasteiger partial charge in [0.15, 0.2) is 0 Å². The van der Waals surface area contributed by atoms with Gasteiger partial charge < -0.3 is 11.1 Å². The molecule has 0 saturated heterocycles. The van der Waals surface area contributed by atoms with Gasteiger partial charge in [0.05, 0.1) is 0 Å². The summed E-state index contributed by atoms with van der Waals surface area (Å²) in [7, 11) is 0. The number of para-hydroxylation sites is 1. The van der Waals surface area contributed by atoms with Crippen molar-refractivity contribution in [2.24, 2.45) is 11.1 Å². The minimum atomic E-state index is 0.495. The van der Waals surface area contributed by atoms with Crippen LogP contribution in [0.25, 0.3) is 0 Å². The molecule has 1 aromatic rings. The molecule has 1 unspecified atom stereocenters. The van der Waals surface area contributed by atoms with Gasteiger partial charge in [0.2, 0.25) is 0 Å². The van der Waals surface area contributed by atoms with Crippen LogP contribution < -0.4 is 11.1 Å². The van der Waals surface area contributed by atoms with Gasteiger partial charge in [-0.05, 0) is 36.3 Å². The summed E-state index contributed by atoms with van der Waals surface area (Å²) in [5.41, 5.74) is 8.66. The fourth-order valence-electron chi connectivity index (χ4n) is 2.62. The molecule has 1 aliphatic rings. The van der Waals surface area contributed by atoms with Crippen LogP contribution in [0.1, 0.15) is 38.7 Å². The topological polar surface area (TPSA) is 38.0 Å². The van der Waals surface area contributed by atoms with Crippen molar-refractivity contribution < 1.29 is 0 Å². The third-order valence-electron chi connectivity index (χ3n) is 3.57. The van der Waals surface area contributed by atoms with Crippen LogP contribution in [0, 0.1) is 5.41 Å². The Kier molecular flexibility index (Phi) is 3.20. The summed E-state index contributed by atoms with van der Waals surface area (Å²) < 4.78 is 0. The Morgan fingerprint density at radius 2 is 2.12 bits per heavy atom. The fraction of sp³-hybridized carbons (Fsp3) is 0.571. The Morgan fingerprint density at radius 1 is 1.38 bits per heavy atom. The third kappa shape index (κ3) is 2.56. The second-order valence-corrected chi connectivity index (χ2v) is 5.61. The molecule has 88 valence electrons. The molecule has 1 aromatic carbocycles. The first-order valence-electron chi connectivity index (χ1n) is 6.15. The van der Waals surface area contributed by atoms with E-state index in [1.165, 1.54) is 30.5 Å². The van der Waals surface area contributed by atoms with Gasteiger partial charge in [0, 0.05) is 18.3 Å². The van der Waals surface area contributed by atoms with Crippen LogP contribution in [-0.2, 0) is 6.54 Å². The quantitative estimate of drug-likeness (QED) is 0.818. The summed E-state index contributed by atoms with van der Waals surface area (Å²) in [6, 6.07) is 8.96. The number of hydrogen-bond donors (Lipinski definition) is 2. The van der Waals surface area contributed by atoms with Crippen molar-refractivity contribution >= 4 is 5.69 Å². The van der Waals surface area contributed by atoms with Crippen LogP contribution in [0.2, 0.25) is 0 Å². The number of nitrogens with one attached hydrogen (secondary N) is 1. The molecule has 1 atom stereocenters. The molecule has 0 bridgehead atoms. The first-order valence-corrected chi connectivity index (χ1v) is 6.15. The van der Waals surface area contributed by atoms with Gasteiger partial charge in [-0.2, -0.15) is 0 Å². The molecule has 0 spiro atoms. The Balaban J connectivity index is 2.04. The van der Waals surface area contributed by atoms with E-state index in [1.807, 2.05) is 6.07 Å². The summed E-state index contributed by atoms with van der Waals surface area (Å²) in [5, 5.41) is 3.64. The van der Waals surface area contributed by atoms with Gasteiger partial charge in [0.25, 0.3) is 0 Å². The molecule has 1 fully saturated rings. The van der Waals surface area contributed by atoms with Gasteiger partial charge in [0.1, 0.15) is 0 Å². The Bertz CT molecular complexity index is 358. The zero-order valence-electron chi connectivity index (χ0n) is 10.3. The summed E-state index contributed by atoms with van der Waals surface area (Å²) in [4.78, 5) is 0. The SMILES string of the molecule is CC1(C)CCC(Nc2ccccc2CN)C1. The molecule has 0 heterocycles. The highest BCUT2D eigenvalue weighted by molar-refractivity contribution is 5.51. The van der Waals surface area contributed by atoms with Crippen LogP contribution >= 0.6 is 0 Å². The van der Waals surface area contributed by atoms with Crippen molar-refractivity contribution in [2.75, 3.05) is 5.32 Å². The maximum atomic E-state index is 5.74. The fourth-order valence-corrected chi connectivity index (χ4v) is 2.62. The highest BCUT2D eigenvalue weighted by Crippen LogP contribution is 2.38. The van der Waals surface area contributed by atoms with Crippen molar-refractivity contribution in [3.63, 3.8) is 0 Å². The molecular formula is C14H22N2. The zero-order chi connectivity index (χ0) is 11.6. The molecule has 16 heavy (non-hydrogen) atoms. The van der Waals surface area contributed by atoms with E-state index in [2.05, 4.69) is 37.4 Å². The lowest BCUT2D eigenvalue weighted by molar-refractivity contribution is 0.378. The lowest BCUT2D eigenvalue weighted by Crippen LogP contribution is -2.18. The predicted octanol–water partition coefficient (Wildman–Crippen LogP) is 3.14. The van der Waals surface area contributed by atoms with Crippen molar-refractivity contribution in [1.82, 2.24) is 0 Å². The van der Waals surface area contributed by atoms with E-state index in [1.54, 1.807) is 0 Å². The molecule has 0 aliphatic heterocycles. The van der Waals surface area contributed by atoms with E-state index >= 15 is 0 Å². The highest BCUT2D eigenvalue weighted by Gasteiger charge is 2.30. The number of nitrogens with two attached hydrogens (primary N) is 1. The number of rotatable bonds is 3.